The Morgan fingerprint density at radius 2 is 1.68 bits per heavy atom. The van der Waals surface area contributed by atoms with Gasteiger partial charge in [0.05, 0.1) is 5.60 Å². The van der Waals surface area contributed by atoms with Gasteiger partial charge in [0.1, 0.15) is 8.07 Å². The molecule has 0 amide bonds. The van der Waals surface area contributed by atoms with Gasteiger partial charge < -0.3 is 8.85 Å². The van der Waals surface area contributed by atoms with Gasteiger partial charge in [0.2, 0.25) is 0 Å². The highest BCUT2D eigenvalue weighted by atomic mass is 28.3. The molecule has 1 saturated carbocycles. The van der Waals surface area contributed by atoms with Crippen LogP contribution in [0.1, 0.15) is 90.9 Å². The molecule has 2 nitrogen and oxygen atoms in total. The van der Waals surface area contributed by atoms with Crippen LogP contribution in [0.15, 0.2) is 24.3 Å². The van der Waals surface area contributed by atoms with E-state index in [1.165, 1.54) is 63.4 Å². The van der Waals surface area contributed by atoms with Crippen LogP contribution in [0.25, 0.3) is 0 Å². The molecule has 0 aliphatic heterocycles. The lowest BCUT2D eigenvalue weighted by molar-refractivity contribution is 0.0271. The van der Waals surface area contributed by atoms with E-state index >= 15 is 0 Å². The lowest BCUT2D eigenvalue weighted by Gasteiger charge is -2.38. The summed E-state index contributed by atoms with van der Waals surface area (Å²) >= 11 is 0. The maximum atomic E-state index is 7.00. The Labute approximate surface area is 236 Å². The molecule has 0 aromatic heterocycles. The second-order valence-electron chi connectivity index (χ2n) is 13.1. The molecule has 0 aromatic carbocycles. The van der Waals surface area contributed by atoms with Crippen molar-refractivity contribution < 1.29 is 8.85 Å². The lowest BCUT2D eigenvalue weighted by Crippen LogP contribution is -2.41. The van der Waals surface area contributed by atoms with Crippen molar-refractivity contribution in [3.05, 3.63) is 24.3 Å². The fraction of sp³-hybridized carbons (Fsp3) is 0.812. The molecule has 0 bridgehead atoms. The van der Waals surface area contributed by atoms with Crippen molar-refractivity contribution in [3.8, 4) is 11.5 Å². The minimum Gasteiger partial charge on any atom is -0.421 e. The first-order valence-electron chi connectivity index (χ1n) is 15.6. The lowest BCUT2D eigenvalue weighted by atomic mass is 9.80. The van der Waals surface area contributed by atoms with Crippen molar-refractivity contribution in [3.63, 3.8) is 0 Å². The van der Waals surface area contributed by atoms with Crippen LogP contribution in [0.3, 0.4) is 0 Å². The van der Waals surface area contributed by atoms with E-state index in [0.717, 1.165) is 25.9 Å². The van der Waals surface area contributed by atoms with Gasteiger partial charge in [-0.2, -0.15) is 0 Å². The second kappa shape index (κ2) is 18.1. The minimum absolute atomic E-state index is 0.0666. The summed E-state index contributed by atoms with van der Waals surface area (Å²) < 4.78 is 12.9. The van der Waals surface area contributed by atoms with Crippen molar-refractivity contribution in [2.75, 3.05) is 6.61 Å². The Kier molecular flexibility index (Phi) is 16.9. The van der Waals surface area contributed by atoms with Gasteiger partial charge in [0.15, 0.2) is 18.1 Å². The molecule has 37 heavy (non-hydrogen) atoms. The van der Waals surface area contributed by atoms with Gasteiger partial charge in [-0.3, -0.25) is 0 Å². The van der Waals surface area contributed by atoms with Crippen LogP contribution < -0.4 is 0 Å². The van der Waals surface area contributed by atoms with E-state index in [4.69, 9.17) is 8.85 Å². The number of unbranched alkanes of at least 4 members (excludes halogenated alkanes) is 4. The molecule has 214 valence electrons. The summed E-state index contributed by atoms with van der Waals surface area (Å²) in [6, 6.07) is 0. The summed E-state index contributed by atoms with van der Waals surface area (Å²) in [5.41, 5.74) is 4.94. The largest absolute Gasteiger partial charge is 0.421 e. The summed E-state index contributed by atoms with van der Waals surface area (Å²) in [5.74, 6) is 5.12. The number of hydrogen-bond acceptors (Lipinski definition) is 2. The van der Waals surface area contributed by atoms with Gasteiger partial charge >= 0.3 is 0 Å². The first kappa shape index (κ1) is 34.6. The first-order valence-corrected chi connectivity index (χ1v) is 24.7. The third kappa shape index (κ3) is 14.0. The smallest absolute Gasteiger partial charge is 0.171 e. The SMILES string of the molecule is C=C1C[C@@](CCCC)(O[SiH](C)C)[C@H](/C=C/[C@@H](CCCC)CCCCCO[SiH](C)C)[C@H]1CC#C[Si](C)(C)C. The Morgan fingerprint density at radius 1 is 1.00 bits per heavy atom. The molecule has 1 fully saturated rings. The maximum Gasteiger partial charge on any atom is 0.171 e. The highest BCUT2D eigenvalue weighted by Crippen LogP contribution is 2.51. The summed E-state index contributed by atoms with van der Waals surface area (Å²) in [4.78, 5) is 0. The van der Waals surface area contributed by atoms with Crippen LogP contribution in [0.5, 0.6) is 0 Å². The van der Waals surface area contributed by atoms with Crippen LogP contribution in [0, 0.1) is 29.2 Å². The average molecular weight is 563 g/mol. The Morgan fingerprint density at radius 3 is 2.27 bits per heavy atom. The summed E-state index contributed by atoms with van der Waals surface area (Å²) in [5, 5.41) is 0. The molecule has 5 heteroatoms. The molecule has 0 spiro atoms. The third-order valence-electron chi connectivity index (χ3n) is 7.49. The number of hydrogen-bond donors (Lipinski definition) is 0. The van der Waals surface area contributed by atoms with Gasteiger partial charge in [0, 0.05) is 18.9 Å². The monoisotopic (exact) mass is 562 g/mol. The highest BCUT2D eigenvalue weighted by Gasteiger charge is 2.49. The molecule has 1 aliphatic carbocycles. The molecular weight excluding hydrogens is 501 g/mol. The second-order valence-corrected chi connectivity index (χ2v) is 22.6. The van der Waals surface area contributed by atoms with E-state index in [9.17, 15) is 0 Å². The van der Waals surface area contributed by atoms with Gasteiger partial charge in [-0.05, 0) is 70.1 Å². The average Bonchev–Trinajstić information content (AvgIpc) is 3.04. The van der Waals surface area contributed by atoms with E-state index in [1.807, 2.05) is 0 Å². The summed E-state index contributed by atoms with van der Waals surface area (Å²) in [6.45, 7) is 26.4. The van der Waals surface area contributed by atoms with Crippen LogP contribution in [-0.2, 0) is 8.85 Å². The molecular formula is C32H62O2Si3. The zero-order valence-corrected chi connectivity index (χ0v) is 29.6. The van der Waals surface area contributed by atoms with Crippen LogP contribution in [0.4, 0.5) is 0 Å². The van der Waals surface area contributed by atoms with E-state index in [1.54, 1.807) is 0 Å². The van der Waals surface area contributed by atoms with Crippen molar-refractivity contribution >= 4 is 26.2 Å². The Bertz CT molecular complexity index is 729. The first-order chi connectivity index (χ1) is 17.4. The van der Waals surface area contributed by atoms with Crippen molar-refractivity contribution in [2.24, 2.45) is 17.8 Å². The van der Waals surface area contributed by atoms with Gasteiger partial charge in [-0.25, -0.2) is 0 Å². The Hall–Kier alpha value is -0.389. The molecule has 0 saturated heterocycles. The number of allylic oxidation sites excluding steroid dienone is 1. The molecule has 0 aromatic rings. The molecule has 1 rings (SSSR count). The molecule has 4 atom stereocenters. The molecule has 0 unspecified atom stereocenters. The van der Waals surface area contributed by atoms with E-state index < -0.39 is 26.2 Å². The normalized spacial score (nSPS) is 23.3. The third-order valence-corrected chi connectivity index (χ3v) is 10.3. The maximum absolute atomic E-state index is 7.00. The Balaban J connectivity index is 3.13. The molecule has 0 radical (unpaired) electrons. The molecule has 0 N–H and O–H groups in total. The zero-order chi connectivity index (χ0) is 27.9. The van der Waals surface area contributed by atoms with Gasteiger partial charge in [-0.1, -0.05) is 96.3 Å². The minimum atomic E-state index is -1.38. The van der Waals surface area contributed by atoms with Gasteiger partial charge in [-0.15, -0.1) is 11.5 Å². The van der Waals surface area contributed by atoms with E-state index in [0.29, 0.717) is 17.8 Å². The zero-order valence-electron chi connectivity index (χ0n) is 26.3. The van der Waals surface area contributed by atoms with E-state index in [-0.39, 0.29) is 5.60 Å². The van der Waals surface area contributed by atoms with Crippen LogP contribution in [-0.4, -0.2) is 38.4 Å². The standard InChI is InChI=1S/C32H62O2Si3/c1-11-13-19-29(20-16-15-17-25-33-35(4)5)22-23-31-30(21-18-26-37(8,9)10)28(3)27-32(31,24-14-12-2)34-36(6)7/h22-23,29-31,35-36H,3,11-17,19-21,24-25,27H2,1-2,4-10H3/b23-22+/t29-,30-,31+,32+/m0/s1. The topological polar surface area (TPSA) is 18.5 Å². The van der Waals surface area contributed by atoms with Crippen LogP contribution in [0.2, 0.25) is 45.8 Å². The van der Waals surface area contributed by atoms with Gasteiger partial charge in [0.25, 0.3) is 0 Å². The molecule has 0 heterocycles. The predicted octanol–water partition coefficient (Wildman–Crippen LogP) is 9.30. The fourth-order valence-corrected chi connectivity index (χ4v) is 8.29. The summed E-state index contributed by atoms with van der Waals surface area (Å²) in [6.07, 6.45) is 19.7. The van der Waals surface area contributed by atoms with Crippen molar-refractivity contribution in [1.29, 1.82) is 0 Å². The quantitative estimate of drug-likeness (QED) is 0.0717. The predicted molar refractivity (Wildman–Crippen MR) is 174 cm³/mol. The summed E-state index contributed by atoms with van der Waals surface area (Å²) in [7, 11) is -3.46. The van der Waals surface area contributed by atoms with E-state index in [2.05, 4.69) is 89.9 Å². The fourth-order valence-electron chi connectivity index (χ4n) is 5.72. The van der Waals surface area contributed by atoms with Crippen molar-refractivity contribution in [1.82, 2.24) is 0 Å². The van der Waals surface area contributed by atoms with Crippen molar-refractivity contribution in [2.45, 2.75) is 142 Å². The number of rotatable bonds is 18. The van der Waals surface area contributed by atoms with Crippen LogP contribution >= 0.6 is 0 Å². The highest BCUT2D eigenvalue weighted by molar-refractivity contribution is 6.83. The molecule has 1 aliphatic rings.